The number of nitriles is 1. The van der Waals surface area contributed by atoms with E-state index in [1.807, 2.05) is 4.90 Å². The van der Waals surface area contributed by atoms with Gasteiger partial charge in [-0.2, -0.15) is 5.26 Å². The molecule has 164 valence electrons. The highest BCUT2D eigenvalue weighted by Gasteiger charge is 2.24. The first-order valence-corrected chi connectivity index (χ1v) is 11.4. The first-order valence-electron chi connectivity index (χ1n) is 9.92. The van der Waals surface area contributed by atoms with Gasteiger partial charge < -0.3 is 9.80 Å². The summed E-state index contributed by atoms with van der Waals surface area (Å²) in [5.41, 5.74) is 0.507. The molecule has 3 rings (SSSR count). The lowest BCUT2D eigenvalue weighted by molar-refractivity contribution is -0.131. The number of sulfonamides is 1. The second-order valence-electron chi connectivity index (χ2n) is 7.24. The summed E-state index contributed by atoms with van der Waals surface area (Å²) >= 11 is 0. The summed E-state index contributed by atoms with van der Waals surface area (Å²) < 4.78 is 39.2. The number of hydrogen-bond acceptors (Lipinski definition) is 6. The summed E-state index contributed by atoms with van der Waals surface area (Å²) in [6.45, 7) is 2.38. The van der Waals surface area contributed by atoms with Crippen molar-refractivity contribution in [2.45, 2.75) is 17.7 Å². The number of pyridine rings is 1. The van der Waals surface area contributed by atoms with Gasteiger partial charge in [-0.05, 0) is 42.8 Å². The Morgan fingerprint density at radius 2 is 1.87 bits per heavy atom. The highest BCUT2D eigenvalue weighted by molar-refractivity contribution is 7.89. The van der Waals surface area contributed by atoms with E-state index in [9.17, 15) is 22.9 Å². The molecule has 0 unspecified atom stereocenters. The van der Waals surface area contributed by atoms with E-state index in [-0.39, 0.29) is 23.8 Å². The molecule has 1 saturated heterocycles. The average molecular weight is 446 g/mol. The van der Waals surface area contributed by atoms with E-state index in [2.05, 4.69) is 11.1 Å². The van der Waals surface area contributed by atoms with Crippen molar-refractivity contribution >= 4 is 21.7 Å². The van der Waals surface area contributed by atoms with E-state index in [1.54, 1.807) is 23.2 Å². The van der Waals surface area contributed by atoms with Gasteiger partial charge in [-0.25, -0.2) is 22.1 Å². The second-order valence-corrected chi connectivity index (χ2v) is 9.28. The fourth-order valence-electron chi connectivity index (χ4n) is 3.42. The van der Waals surface area contributed by atoms with Crippen molar-refractivity contribution in [3.63, 3.8) is 0 Å². The fourth-order valence-corrected chi connectivity index (χ4v) is 4.63. The Morgan fingerprint density at radius 1 is 1.19 bits per heavy atom. The molecule has 1 aromatic carbocycles. The summed E-state index contributed by atoms with van der Waals surface area (Å²) in [6.07, 6.45) is 2.26. The van der Waals surface area contributed by atoms with Crippen LogP contribution in [0.1, 0.15) is 18.4 Å². The van der Waals surface area contributed by atoms with Crippen molar-refractivity contribution in [1.82, 2.24) is 14.2 Å². The molecule has 0 spiro atoms. The number of carbonyl (C=O) groups excluding carboxylic acids is 1. The summed E-state index contributed by atoms with van der Waals surface area (Å²) in [5.74, 6) is 0.0951. The maximum Gasteiger partial charge on any atom is 0.242 e. The summed E-state index contributed by atoms with van der Waals surface area (Å²) in [4.78, 5) is 20.6. The molecule has 31 heavy (non-hydrogen) atoms. The number of rotatable bonds is 7. The molecule has 2 aromatic rings. The first-order chi connectivity index (χ1) is 14.8. The summed E-state index contributed by atoms with van der Waals surface area (Å²) in [5, 5.41) is 9.23. The van der Waals surface area contributed by atoms with Crippen LogP contribution in [0.2, 0.25) is 0 Å². The molecule has 0 saturated carbocycles. The van der Waals surface area contributed by atoms with Crippen LogP contribution < -0.4 is 4.90 Å². The number of piperazine rings is 1. The smallest absolute Gasteiger partial charge is 0.242 e. The van der Waals surface area contributed by atoms with E-state index in [0.717, 1.165) is 12.1 Å². The lowest BCUT2D eigenvalue weighted by Crippen LogP contribution is -2.49. The van der Waals surface area contributed by atoms with Gasteiger partial charge in [0.2, 0.25) is 15.9 Å². The van der Waals surface area contributed by atoms with Gasteiger partial charge in [0.1, 0.15) is 17.7 Å². The van der Waals surface area contributed by atoms with Crippen molar-refractivity contribution in [3.05, 3.63) is 54.0 Å². The van der Waals surface area contributed by atoms with Crippen LogP contribution in [0.15, 0.2) is 47.5 Å². The van der Waals surface area contributed by atoms with Crippen molar-refractivity contribution in [1.29, 1.82) is 5.26 Å². The van der Waals surface area contributed by atoms with E-state index >= 15 is 0 Å². The predicted molar refractivity (Wildman–Crippen MR) is 113 cm³/mol. The number of anilines is 1. The molecule has 1 amide bonds. The zero-order valence-electron chi connectivity index (χ0n) is 17.2. The molecule has 1 aliphatic rings. The molecular weight excluding hydrogens is 421 g/mol. The molecular formula is C21H24FN5O3S. The van der Waals surface area contributed by atoms with Crippen molar-refractivity contribution < 1.29 is 17.6 Å². The Hall–Kier alpha value is -3.03. The molecule has 1 fully saturated rings. The second kappa shape index (κ2) is 9.85. The summed E-state index contributed by atoms with van der Waals surface area (Å²) in [7, 11) is -2.28. The topological polar surface area (TPSA) is 97.6 Å². The standard InChI is InChI=1S/C21H24FN5O3S/c1-25(31(29,30)19-8-6-18(22)7-9-19)11-3-5-20(28)26-12-14-27(15-13-26)21-17(16-23)4-2-10-24-21/h2,4,6-10H,3,5,11-15H2,1H3. The molecule has 0 bridgehead atoms. The monoisotopic (exact) mass is 445 g/mol. The minimum Gasteiger partial charge on any atom is -0.352 e. The third-order valence-electron chi connectivity index (χ3n) is 5.22. The molecule has 0 atom stereocenters. The van der Waals surface area contributed by atoms with Gasteiger partial charge in [-0.15, -0.1) is 0 Å². The Bertz CT molecular complexity index is 1060. The van der Waals surface area contributed by atoms with Crippen LogP contribution in [-0.2, 0) is 14.8 Å². The zero-order chi connectivity index (χ0) is 22.4. The van der Waals surface area contributed by atoms with E-state index in [1.165, 1.54) is 23.5 Å². The molecule has 10 heteroatoms. The minimum absolute atomic E-state index is 0.0186. The van der Waals surface area contributed by atoms with E-state index in [0.29, 0.717) is 44.0 Å². The predicted octanol–water partition coefficient (Wildman–Crippen LogP) is 1.84. The zero-order valence-corrected chi connectivity index (χ0v) is 18.1. The third kappa shape index (κ3) is 5.37. The fraction of sp³-hybridized carbons (Fsp3) is 0.381. The van der Waals surface area contributed by atoms with Gasteiger partial charge in [0, 0.05) is 52.4 Å². The molecule has 1 aromatic heterocycles. The number of carbonyl (C=O) groups is 1. The maximum absolute atomic E-state index is 13.0. The number of hydrogen-bond donors (Lipinski definition) is 0. The normalized spacial score (nSPS) is 14.5. The first kappa shape index (κ1) is 22.7. The quantitative estimate of drug-likeness (QED) is 0.645. The van der Waals surface area contributed by atoms with Gasteiger partial charge >= 0.3 is 0 Å². The lowest BCUT2D eigenvalue weighted by Gasteiger charge is -2.35. The van der Waals surface area contributed by atoms with Gasteiger partial charge in [0.05, 0.1) is 10.5 Å². The van der Waals surface area contributed by atoms with Crippen LogP contribution in [0.5, 0.6) is 0 Å². The molecule has 0 radical (unpaired) electrons. The molecule has 0 aliphatic carbocycles. The molecule has 2 heterocycles. The Labute approximate surface area is 181 Å². The highest BCUT2D eigenvalue weighted by Crippen LogP contribution is 2.19. The summed E-state index contributed by atoms with van der Waals surface area (Å²) in [6, 6.07) is 10.2. The van der Waals surface area contributed by atoms with Gasteiger partial charge in [-0.1, -0.05) is 0 Å². The number of nitrogens with zero attached hydrogens (tertiary/aromatic N) is 5. The third-order valence-corrected chi connectivity index (χ3v) is 7.10. The van der Waals surface area contributed by atoms with Crippen LogP contribution in [-0.4, -0.2) is 68.3 Å². The average Bonchev–Trinajstić information content (AvgIpc) is 2.79. The Balaban J connectivity index is 1.47. The minimum atomic E-state index is -3.72. The maximum atomic E-state index is 13.0. The van der Waals surface area contributed by atoms with Gasteiger partial charge in [0.15, 0.2) is 0 Å². The van der Waals surface area contributed by atoms with Crippen LogP contribution in [0.25, 0.3) is 0 Å². The van der Waals surface area contributed by atoms with Crippen LogP contribution >= 0.6 is 0 Å². The van der Waals surface area contributed by atoms with Crippen molar-refractivity contribution in [2.24, 2.45) is 0 Å². The van der Waals surface area contributed by atoms with Crippen LogP contribution in [0, 0.1) is 17.1 Å². The highest BCUT2D eigenvalue weighted by atomic mass is 32.2. The van der Waals surface area contributed by atoms with Gasteiger partial charge in [0.25, 0.3) is 0 Å². The largest absolute Gasteiger partial charge is 0.352 e. The Kier molecular flexibility index (Phi) is 7.20. The van der Waals surface area contributed by atoms with Crippen molar-refractivity contribution in [3.8, 4) is 6.07 Å². The number of aromatic nitrogens is 1. The van der Waals surface area contributed by atoms with E-state index in [4.69, 9.17) is 0 Å². The molecule has 0 N–H and O–H groups in total. The molecule has 8 nitrogen and oxygen atoms in total. The number of halogens is 1. The molecule has 1 aliphatic heterocycles. The SMILES string of the molecule is CN(CCCC(=O)N1CCN(c2ncccc2C#N)CC1)S(=O)(=O)c1ccc(F)cc1. The van der Waals surface area contributed by atoms with Crippen molar-refractivity contribution in [2.75, 3.05) is 44.7 Å². The van der Waals surface area contributed by atoms with Crippen LogP contribution in [0.4, 0.5) is 10.2 Å². The Morgan fingerprint density at radius 3 is 2.52 bits per heavy atom. The van der Waals surface area contributed by atoms with Crippen LogP contribution in [0.3, 0.4) is 0 Å². The van der Waals surface area contributed by atoms with Gasteiger partial charge in [-0.3, -0.25) is 4.79 Å². The number of benzene rings is 1. The van der Waals surface area contributed by atoms with E-state index < -0.39 is 15.8 Å². The number of amides is 1. The lowest BCUT2D eigenvalue weighted by atomic mass is 10.2.